The van der Waals surface area contributed by atoms with E-state index in [0.29, 0.717) is 0 Å². The Bertz CT molecular complexity index is 843. The number of imidazole rings is 2. The third kappa shape index (κ3) is 2.84. The average molecular weight is 304 g/mol. The first kappa shape index (κ1) is 14.0. The van der Waals surface area contributed by atoms with Crippen molar-refractivity contribution in [2.75, 3.05) is 0 Å². The van der Waals surface area contributed by atoms with E-state index in [4.69, 9.17) is 0 Å². The topological polar surface area (TPSA) is 35.6 Å². The summed E-state index contributed by atoms with van der Waals surface area (Å²) in [6.07, 6.45) is 7.46. The van der Waals surface area contributed by atoms with Crippen LogP contribution in [0.15, 0.2) is 61.2 Å². The number of rotatable bonds is 6. The van der Waals surface area contributed by atoms with Crippen LogP contribution in [0.1, 0.15) is 19.3 Å². The summed E-state index contributed by atoms with van der Waals surface area (Å²) in [6, 6.07) is 16.6. The Morgan fingerprint density at radius 3 is 1.61 bits per heavy atom. The van der Waals surface area contributed by atoms with Crippen LogP contribution in [0, 0.1) is 0 Å². The highest BCUT2D eigenvalue weighted by atomic mass is 15.0. The van der Waals surface area contributed by atoms with Gasteiger partial charge in [0, 0.05) is 13.1 Å². The predicted molar refractivity (Wildman–Crippen MR) is 93.3 cm³/mol. The van der Waals surface area contributed by atoms with E-state index in [0.717, 1.165) is 24.1 Å². The van der Waals surface area contributed by atoms with E-state index in [9.17, 15) is 0 Å². The number of nitrogens with zero attached hydrogens (tertiary/aromatic N) is 4. The zero-order chi connectivity index (χ0) is 15.5. The molecular formula is C19H20N4. The molecule has 0 unspecified atom stereocenters. The van der Waals surface area contributed by atoms with Crippen LogP contribution in [0.5, 0.6) is 0 Å². The summed E-state index contributed by atoms with van der Waals surface area (Å²) in [6.45, 7) is 2.07. The molecule has 4 heteroatoms. The van der Waals surface area contributed by atoms with Crippen LogP contribution in [-0.2, 0) is 13.1 Å². The van der Waals surface area contributed by atoms with Gasteiger partial charge in [-0.15, -0.1) is 0 Å². The van der Waals surface area contributed by atoms with Crippen molar-refractivity contribution >= 4 is 22.1 Å². The Kier molecular flexibility index (Phi) is 3.80. The minimum atomic E-state index is 1.03. The van der Waals surface area contributed by atoms with Crippen molar-refractivity contribution < 1.29 is 0 Å². The van der Waals surface area contributed by atoms with E-state index in [-0.39, 0.29) is 0 Å². The molecule has 0 spiro atoms. The molecule has 0 saturated heterocycles. The zero-order valence-corrected chi connectivity index (χ0v) is 13.1. The van der Waals surface area contributed by atoms with E-state index in [1.165, 1.54) is 30.3 Å². The lowest BCUT2D eigenvalue weighted by Gasteiger charge is -2.06. The number of para-hydroxylation sites is 4. The van der Waals surface area contributed by atoms with Crippen LogP contribution >= 0.6 is 0 Å². The molecule has 0 N–H and O–H groups in total. The molecule has 23 heavy (non-hydrogen) atoms. The minimum Gasteiger partial charge on any atom is -0.331 e. The molecule has 0 aliphatic heterocycles. The van der Waals surface area contributed by atoms with Gasteiger partial charge in [-0.3, -0.25) is 0 Å². The fourth-order valence-corrected chi connectivity index (χ4v) is 3.12. The zero-order valence-electron chi connectivity index (χ0n) is 13.1. The quantitative estimate of drug-likeness (QED) is 0.499. The molecule has 2 heterocycles. The fourth-order valence-electron chi connectivity index (χ4n) is 3.12. The summed E-state index contributed by atoms with van der Waals surface area (Å²) < 4.78 is 4.50. The smallest absolute Gasteiger partial charge is 0.0958 e. The van der Waals surface area contributed by atoms with Gasteiger partial charge in [-0.2, -0.15) is 0 Å². The van der Waals surface area contributed by atoms with Crippen molar-refractivity contribution in [3.63, 3.8) is 0 Å². The van der Waals surface area contributed by atoms with Gasteiger partial charge in [-0.1, -0.05) is 24.3 Å². The monoisotopic (exact) mass is 304 g/mol. The van der Waals surface area contributed by atoms with Crippen molar-refractivity contribution in [1.82, 2.24) is 19.1 Å². The van der Waals surface area contributed by atoms with Crippen LogP contribution in [0.25, 0.3) is 22.1 Å². The van der Waals surface area contributed by atoms with Gasteiger partial charge in [-0.05, 0) is 43.5 Å². The highest BCUT2D eigenvalue weighted by molar-refractivity contribution is 5.75. The van der Waals surface area contributed by atoms with Gasteiger partial charge in [0.2, 0.25) is 0 Å². The van der Waals surface area contributed by atoms with Crippen molar-refractivity contribution in [3.05, 3.63) is 61.2 Å². The molecule has 2 aromatic heterocycles. The molecule has 0 aliphatic rings. The number of aryl methyl sites for hydroxylation is 2. The van der Waals surface area contributed by atoms with Gasteiger partial charge in [0.15, 0.2) is 0 Å². The van der Waals surface area contributed by atoms with Crippen molar-refractivity contribution in [2.45, 2.75) is 32.4 Å². The van der Waals surface area contributed by atoms with Crippen LogP contribution in [0.2, 0.25) is 0 Å². The number of fused-ring (bicyclic) bond motifs is 2. The Morgan fingerprint density at radius 2 is 1.09 bits per heavy atom. The maximum atomic E-state index is 4.44. The second-order valence-electron chi connectivity index (χ2n) is 5.91. The number of unbranched alkanes of at least 4 members (excludes halogenated alkanes) is 2. The van der Waals surface area contributed by atoms with Gasteiger partial charge in [0.1, 0.15) is 0 Å². The normalized spacial score (nSPS) is 11.5. The molecule has 0 bridgehead atoms. The molecule has 116 valence electrons. The van der Waals surface area contributed by atoms with Gasteiger partial charge in [0.05, 0.1) is 34.7 Å². The molecule has 2 aromatic carbocycles. The van der Waals surface area contributed by atoms with Gasteiger partial charge < -0.3 is 9.13 Å². The number of benzene rings is 2. The first-order chi connectivity index (χ1) is 11.4. The molecule has 0 atom stereocenters. The lowest BCUT2D eigenvalue weighted by molar-refractivity contribution is 0.556. The van der Waals surface area contributed by atoms with Crippen LogP contribution < -0.4 is 0 Å². The van der Waals surface area contributed by atoms with Crippen LogP contribution in [-0.4, -0.2) is 19.1 Å². The first-order valence-corrected chi connectivity index (χ1v) is 8.21. The third-order valence-corrected chi connectivity index (χ3v) is 4.35. The average Bonchev–Trinajstić information content (AvgIpc) is 3.19. The Balaban J connectivity index is 1.31. The molecule has 4 rings (SSSR count). The van der Waals surface area contributed by atoms with E-state index in [1.807, 2.05) is 24.8 Å². The van der Waals surface area contributed by atoms with Gasteiger partial charge >= 0.3 is 0 Å². The van der Waals surface area contributed by atoms with Crippen LogP contribution in [0.3, 0.4) is 0 Å². The second kappa shape index (κ2) is 6.24. The summed E-state index contributed by atoms with van der Waals surface area (Å²) in [7, 11) is 0. The standard InChI is InChI=1S/C19H20N4/c1(6-12-22-14-20-16-8-2-4-10-18(16)22)7-13-23-15-21-17-9-3-5-11-19(17)23/h2-5,8-11,14-15H,1,6-7,12-13H2. The van der Waals surface area contributed by atoms with Gasteiger partial charge in [0.25, 0.3) is 0 Å². The molecule has 4 aromatic rings. The second-order valence-corrected chi connectivity index (χ2v) is 5.91. The maximum absolute atomic E-state index is 4.44. The molecule has 0 amide bonds. The summed E-state index contributed by atoms with van der Waals surface area (Å²) >= 11 is 0. The number of aromatic nitrogens is 4. The fraction of sp³-hybridized carbons (Fsp3) is 0.263. The van der Waals surface area contributed by atoms with E-state index >= 15 is 0 Å². The van der Waals surface area contributed by atoms with Crippen molar-refractivity contribution in [2.24, 2.45) is 0 Å². The summed E-state index contributed by atoms with van der Waals surface area (Å²) in [5.74, 6) is 0. The van der Waals surface area contributed by atoms with Crippen LogP contribution in [0.4, 0.5) is 0 Å². The summed E-state index contributed by atoms with van der Waals surface area (Å²) in [5, 5.41) is 0. The highest BCUT2D eigenvalue weighted by Crippen LogP contribution is 2.15. The van der Waals surface area contributed by atoms with Crippen molar-refractivity contribution in [1.29, 1.82) is 0 Å². The van der Waals surface area contributed by atoms with Crippen molar-refractivity contribution in [3.8, 4) is 0 Å². The first-order valence-electron chi connectivity index (χ1n) is 8.21. The molecule has 0 saturated carbocycles. The Morgan fingerprint density at radius 1 is 0.609 bits per heavy atom. The molecule has 0 radical (unpaired) electrons. The third-order valence-electron chi connectivity index (χ3n) is 4.35. The van der Waals surface area contributed by atoms with Gasteiger partial charge in [-0.25, -0.2) is 9.97 Å². The molecule has 0 aliphatic carbocycles. The minimum absolute atomic E-state index is 1.03. The van der Waals surface area contributed by atoms with E-state index in [2.05, 4.69) is 55.5 Å². The van der Waals surface area contributed by atoms with E-state index < -0.39 is 0 Å². The molecular weight excluding hydrogens is 284 g/mol. The Labute approximate surface area is 135 Å². The number of hydrogen-bond donors (Lipinski definition) is 0. The molecule has 0 fully saturated rings. The SMILES string of the molecule is c1ccc2c(c1)ncn2CCCCCn1cnc2ccccc21. The van der Waals surface area contributed by atoms with E-state index in [1.54, 1.807) is 0 Å². The number of hydrogen-bond acceptors (Lipinski definition) is 2. The Hall–Kier alpha value is -2.62. The molecule has 4 nitrogen and oxygen atoms in total. The summed E-state index contributed by atoms with van der Waals surface area (Å²) in [5.41, 5.74) is 4.62. The maximum Gasteiger partial charge on any atom is 0.0958 e. The predicted octanol–water partition coefficient (Wildman–Crippen LogP) is 4.26. The lowest BCUT2D eigenvalue weighted by atomic mass is 10.2. The largest absolute Gasteiger partial charge is 0.331 e. The highest BCUT2D eigenvalue weighted by Gasteiger charge is 2.02. The summed E-state index contributed by atoms with van der Waals surface area (Å²) in [4.78, 5) is 8.89. The lowest BCUT2D eigenvalue weighted by Crippen LogP contribution is -1.99.